The molecule has 0 spiro atoms. The Morgan fingerprint density at radius 1 is 1.41 bits per heavy atom. The Bertz CT molecular complexity index is 675. The lowest BCUT2D eigenvalue weighted by atomic mass is 10.1. The number of aromatic nitrogens is 1. The molecule has 1 aromatic carbocycles. The van der Waals surface area contributed by atoms with E-state index in [9.17, 15) is 8.42 Å². The van der Waals surface area contributed by atoms with E-state index in [0.29, 0.717) is 29.1 Å². The molecule has 17 heavy (non-hydrogen) atoms. The zero-order valence-electron chi connectivity index (χ0n) is 9.09. The van der Waals surface area contributed by atoms with Gasteiger partial charge in [-0.15, -0.1) is 0 Å². The highest BCUT2D eigenvalue weighted by Crippen LogP contribution is 2.30. The summed E-state index contributed by atoms with van der Waals surface area (Å²) in [5.74, 6) is 0.744. The van der Waals surface area contributed by atoms with Gasteiger partial charge in [-0.2, -0.15) is 0 Å². The van der Waals surface area contributed by atoms with Crippen LogP contribution in [0.15, 0.2) is 22.6 Å². The second kappa shape index (κ2) is 3.46. The van der Waals surface area contributed by atoms with Crippen molar-refractivity contribution in [1.82, 2.24) is 4.98 Å². The molecule has 2 N–H and O–H groups in total. The van der Waals surface area contributed by atoms with Crippen molar-refractivity contribution >= 4 is 26.6 Å². The third-order valence-corrected chi connectivity index (χ3v) is 4.78. The monoisotopic (exact) mass is 252 g/mol. The Kier molecular flexibility index (Phi) is 2.16. The number of nitrogens with two attached hydrogens (primary N) is 1. The third-order valence-electron chi connectivity index (χ3n) is 3.01. The first-order valence-electron chi connectivity index (χ1n) is 5.40. The van der Waals surface area contributed by atoms with Crippen LogP contribution in [0.2, 0.25) is 0 Å². The lowest BCUT2D eigenvalue weighted by molar-refractivity contribution is 0.489. The molecular formula is C11H12N2O3S. The normalized spacial score (nSPS) is 23.2. The van der Waals surface area contributed by atoms with Crippen molar-refractivity contribution in [2.75, 3.05) is 17.2 Å². The highest BCUT2D eigenvalue weighted by atomic mass is 32.2. The maximum atomic E-state index is 11.4. The Balaban J connectivity index is 2.02. The van der Waals surface area contributed by atoms with Crippen LogP contribution >= 0.6 is 0 Å². The fraction of sp³-hybridized carbons (Fsp3) is 0.364. The van der Waals surface area contributed by atoms with Gasteiger partial charge in [0.05, 0.1) is 17.4 Å². The summed E-state index contributed by atoms with van der Waals surface area (Å²) in [4.78, 5) is 4.31. The van der Waals surface area contributed by atoms with Gasteiger partial charge in [-0.1, -0.05) is 0 Å². The van der Waals surface area contributed by atoms with Crippen LogP contribution in [0, 0.1) is 0 Å². The van der Waals surface area contributed by atoms with Gasteiger partial charge in [-0.05, 0) is 24.6 Å². The molecular weight excluding hydrogens is 240 g/mol. The van der Waals surface area contributed by atoms with E-state index in [-0.39, 0.29) is 17.4 Å². The first-order chi connectivity index (χ1) is 8.03. The Hall–Kier alpha value is -1.56. The van der Waals surface area contributed by atoms with Crippen LogP contribution in [-0.4, -0.2) is 24.9 Å². The van der Waals surface area contributed by atoms with E-state index in [1.165, 1.54) is 0 Å². The minimum atomic E-state index is -2.91. The zero-order valence-corrected chi connectivity index (χ0v) is 9.90. The SMILES string of the molecule is Nc1ccc2oc(C3CCS(=O)(=O)C3)nc2c1. The molecule has 2 aromatic rings. The summed E-state index contributed by atoms with van der Waals surface area (Å²) in [6.45, 7) is 0. The molecule has 1 fully saturated rings. The van der Waals surface area contributed by atoms with E-state index in [1.54, 1.807) is 18.2 Å². The largest absolute Gasteiger partial charge is 0.440 e. The molecule has 0 amide bonds. The number of nitrogen functional groups attached to an aromatic ring is 1. The molecule has 0 radical (unpaired) electrons. The Morgan fingerprint density at radius 2 is 2.24 bits per heavy atom. The van der Waals surface area contributed by atoms with Crippen LogP contribution in [0.3, 0.4) is 0 Å². The van der Waals surface area contributed by atoms with Crippen LogP contribution in [-0.2, 0) is 9.84 Å². The molecule has 6 heteroatoms. The van der Waals surface area contributed by atoms with Crippen LogP contribution in [0.1, 0.15) is 18.2 Å². The molecule has 1 atom stereocenters. The van der Waals surface area contributed by atoms with Gasteiger partial charge in [0.1, 0.15) is 5.52 Å². The molecule has 90 valence electrons. The molecule has 3 rings (SSSR count). The van der Waals surface area contributed by atoms with Crippen molar-refractivity contribution in [3.8, 4) is 0 Å². The smallest absolute Gasteiger partial charge is 0.199 e. The lowest BCUT2D eigenvalue weighted by Gasteiger charge is -1.99. The van der Waals surface area contributed by atoms with Crippen LogP contribution in [0.5, 0.6) is 0 Å². The van der Waals surface area contributed by atoms with Gasteiger partial charge >= 0.3 is 0 Å². The second-order valence-electron chi connectivity index (χ2n) is 4.38. The van der Waals surface area contributed by atoms with Crippen LogP contribution in [0.4, 0.5) is 5.69 Å². The molecule has 1 aromatic heterocycles. The fourth-order valence-electron chi connectivity index (χ4n) is 2.13. The number of fused-ring (bicyclic) bond motifs is 1. The van der Waals surface area contributed by atoms with Gasteiger partial charge < -0.3 is 10.2 Å². The van der Waals surface area contributed by atoms with E-state index in [1.807, 2.05) is 0 Å². The number of hydrogen-bond acceptors (Lipinski definition) is 5. The van der Waals surface area contributed by atoms with Gasteiger partial charge in [-0.25, -0.2) is 13.4 Å². The Labute approximate surface area is 98.5 Å². The summed E-state index contributed by atoms with van der Waals surface area (Å²) in [5.41, 5.74) is 7.61. The van der Waals surface area contributed by atoms with Gasteiger partial charge in [0, 0.05) is 5.69 Å². The second-order valence-corrected chi connectivity index (χ2v) is 6.61. The first-order valence-corrected chi connectivity index (χ1v) is 7.22. The average Bonchev–Trinajstić information content (AvgIpc) is 2.80. The highest BCUT2D eigenvalue weighted by Gasteiger charge is 2.32. The van der Waals surface area contributed by atoms with Crippen molar-refractivity contribution in [1.29, 1.82) is 0 Å². The molecule has 1 aliphatic rings. The van der Waals surface area contributed by atoms with E-state index >= 15 is 0 Å². The molecule has 0 aliphatic carbocycles. The van der Waals surface area contributed by atoms with Gasteiger partial charge in [0.15, 0.2) is 21.3 Å². The molecule has 0 bridgehead atoms. The molecule has 1 aliphatic heterocycles. The number of sulfone groups is 1. The maximum Gasteiger partial charge on any atom is 0.199 e. The van der Waals surface area contributed by atoms with Crippen molar-refractivity contribution in [3.63, 3.8) is 0 Å². The van der Waals surface area contributed by atoms with Crippen molar-refractivity contribution < 1.29 is 12.8 Å². The number of nitrogens with zero attached hydrogens (tertiary/aromatic N) is 1. The minimum Gasteiger partial charge on any atom is -0.440 e. The predicted molar refractivity (Wildman–Crippen MR) is 64.4 cm³/mol. The summed E-state index contributed by atoms with van der Waals surface area (Å²) in [6.07, 6.45) is 0.588. The fourth-order valence-corrected chi connectivity index (χ4v) is 3.86. The molecule has 1 saturated heterocycles. The molecule has 0 saturated carbocycles. The van der Waals surface area contributed by atoms with E-state index in [2.05, 4.69) is 4.98 Å². The van der Waals surface area contributed by atoms with Gasteiger partial charge in [0.2, 0.25) is 0 Å². The number of oxazole rings is 1. The van der Waals surface area contributed by atoms with Crippen molar-refractivity contribution in [2.45, 2.75) is 12.3 Å². The number of anilines is 1. The first kappa shape index (κ1) is 10.6. The average molecular weight is 252 g/mol. The summed E-state index contributed by atoms with van der Waals surface area (Å²) in [7, 11) is -2.91. The molecule has 1 unspecified atom stereocenters. The topological polar surface area (TPSA) is 86.2 Å². The number of hydrogen-bond donors (Lipinski definition) is 1. The van der Waals surface area contributed by atoms with Gasteiger partial charge in [0.25, 0.3) is 0 Å². The summed E-state index contributed by atoms with van der Waals surface area (Å²) >= 11 is 0. The minimum absolute atomic E-state index is 0.117. The number of benzene rings is 1. The highest BCUT2D eigenvalue weighted by molar-refractivity contribution is 7.91. The lowest BCUT2D eigenvalue weighted by Crippen LogP contribution is -2.03. The summed E-state index contributed by atoms with van der Waals surface area (Å²) in [6, 6.07) is 5.22. The molecule has 5 nitrogen and oxygen atoms in total. The van der Waals surface area contributed by atoms with E-state index in [0.717, 1.165) is 0 Å². The van der Waals surface area contributed by atoms with Gasteiger partial charge in [-0.3, -0.25) is 0 Å². The Morgan fingerprint density at radius 3 is 2.94 bits per heavy atom. The summed E-state index contributed by atoms with van der Waals surface area (Å²) in [5, 5.41) is 0. The number of rotatable bonds is 1. The zero-order chi connectivity index (χ0) is 12.0. The quantitative estimate of drug-likeness (QED) is 0.773. The standard InChI is InChI=1S/C11H12N2O3S/c12-8-1-2-10-9(5-8)13-11(16-10)7-3-4-17(14,15)6-7/h1-2,5,7H,3-4,6,12H2. The van der Waals surface area contributed by atoms with E-state index in [4.69, 9.17) is 10.2 Å². The predicted octanol–water partition coefficient (Wildman–Crippen LogP) is 1.31. The van der Waals surface area contributed by atoms with Crippen molar-refractivity contribution in [3.05, 3.63) is 24.1 Å². The van der Waals surface area contributed by atoms with Crippen molar-refractivity contribution in [2.24, 2.45) is 0 Å². The molecule has 2 heterocycles. The summed E-state index contributed by atoms with van der Waals surface area (Å²) < 4.78 is 28.4. The van der Waals surface area contributed by atoms with Crippen LogP contribution < -0.4 is 5.73 Å². The third kappa shape index (κ3) is 1.88. The van der Waals surface area contributed by atoms with Crippen LogP contribution in [0.25, 0.3) is 11.1 Å². The maximum absolute atomic E-state index is 11.4. The van der Waals surface area contributed by atoms with E-state index < -0.39 is 9.84 Å².